The van der Waals surface area contributed by atoms with Gasteiger partial charge in [-0.05, 0) is 44.0 Å². The van der Waals surface area contributed by atoms with Crippen molar-refractivity contribution in [2.75, 3.05) is 13.1 Å². The van der Waals surface area contributed by atoms with E-state index in [4.69, 9.17) is 16.3 Å². The molecule has 0 radical (unpaired) electrons. The van der Waals surface area contributed by atoms with E-state index in [1.54, 1.807) is 29.2 Å². The summed E-state index contributed by atoms with van der Waals surface area (Å²) in [6.45, 7) is 5.94. The van der Waals surface area contributed by atoms with Crippen molar-refractivity contribution >= 4 is 23.4 Å². The molecule has 1 aliphatic heterocycles. The number of aryl methyl sites for hydroxylation is 2. The highest BCUT2D eigenvalue weighted by Gasteiger charge is 2.53. The third-order valence-electron chi connectivity index (χ3n) is 5.97. The van der Waals surface area contributed by atoms with Crippen molar-refractivity contribution in [3.63, 3.8) is 0 Å². The van der Waals surface area contributed by atoms with E-state index in [0.29, 0.717) is 42.3 Å². The Bertz CT molecular complexity index is 952. The fourth-order valence-corrected chi connectivity index (χ4v) is 4.06. The van der Waals surface area contributed by atoms with Crippen molar-refractivity contribution in [3.8, 4) is 5.75 Å². The van der Waals surface area contributed by atoms with Gasteiger partial charge in [0.25, 0.3) is 11.8 Å². The predicted molar refractivity (Wildman–Crippen MR) is 118 cm³/mol. The Balaban J connectivity index is 1.33. The van der Waals surface area contributed by atoms with Crippen LogP contribution in [0.2, 0.25) is 5.02 Å². The lowest BCUT2D eigenvalue weighted by Gasteiger charge is -2.21. The number of hydrogen-bond donors (Lipinski definition) is 1. The average Bonchev–Trinajstić information content (AvgIpc) is 3.22. The first-order chi connectivity index (χ1) is 14.9. The Morgan fingerprint density at radius 3 is 2.71 bits per heavy atom. The van der Waals surface area contributed by atoms with Crippen molar-refractivity contribution in [3.05, 3.63) is 46.7 Å². The number of ether oxygens (including phenoxy) is 1. The molecule has 31 heavy (non-hydrogen) atoms. The molecule has 4 rings (SSSR count). The van der Waals surface area contributed by atoms with E-state index >= 15 is 0 Å². The summed E-state index contributed by atoms with van der Waals surface area (Å²) in [5.41, 5.74) is 0.595. The van der Waals surface area contributed by atoms with Gasteiger partial charge >= 0.3 is 0 Å². The molecule has 0 unspecified atom stereocenters. The number of aromatic nitrogens is 2. The molecule has 2 amide bonds. The summed E-state index contributed by atoms with van der Waals surface area (Å²) in [7, 11) is 0. The molecule has 1 atom stereocenters. The monoisotopic (exact) mass is 444 g/mol. The summed E-state index contributed by atoms with van der Waals surface area (Å²) in [6, 6.07) is 6.97. The molecule has 1 aromatic carbocycles. The van der Waals surface area contributed by atoms with Gasteiger partial charge in [-0.2, -0.15) is 5.10 Å². The molecule has 0 spiro atoms. The highest BCUT2D eigenvalue weighted by atomic mass is 35.5. The van der Waals surface area contributed by atoms with Crippen LogP contribution < -0.4 is 10.1 Å². The van der Waals surface area contributed by atoms with E-state index in [-0.39, 0.29) is 17.9 Å². The first kappa shape index (κ1) is 21.7. The first-order valence-electron chi connectivity index (χ1n) is 11.0. The minimum Gasteiger partial charge on any atom is -0.477 e. The predicted octanol–water partition coefficient (Wildman–Crippen LogP) is 3.59. The second kappa shape index (κ2) is 8.91. The van der Waals surface area contributed by atoms with E-state index in [1.807, 2.05) is 17.8 Å². The normalized spacial score (nSPS) is 19.3. The number of carbonyl (C=O) groups excluding carboxylic acids is 2. The summed E-state index contributed by atoms with van der Waals surface area (Å²) in [5, 5.41) is 8.19. The van der Waals surface area contributed by atoms with Gasteiger partial charge in [0.1, 0.15) is 5.75 Å². The minimum absolute atomic E-state index is 0.0180. The lowest BCUT2D eigenvalue weighted by atomic mass is 10.2. The molecule has 0 bridgehead atoms. The van der Waals surface area contributed by atoms with Crippen LogP contribution in [0, 0.1) is 6.92 Å². The number of rotatable bonds is 8. The van der Waals surface area contributed by atoms with Crippen LogP contribution in [0.25, 0.3) is 0 Å². The van der Waals surface area contributed by atoms with E-state index < -0.39 is 5.60 Å². The number of nitrogens with one attached hydrogen (secondary N) is 1. The standard InChI is InChI=1S/C23H29ClN4O3/c1-3-4-12-28-15-20(16(2)26-28)21(29)27-13-9-18(14-27)25-22(30)23(10-11-23)31-19-7-5-17(24)6-8-19/h5-8,15,18H,3-4,9-14H2,1-2H3,(H,25,30)/t18-/m1/s1. The third kappa shape index (κ3) is 4.87. The van der Waals surface area contributed by atoms with E-state index in [0.717, 1.165) is 31.5 Å². The lowest BCUT2D eigenvalue weighted by Crippen LogP contribution is -2.46. The zero-order valence-electron chi connectivity index (χ0n) is 18.1. The van der Waals surface area contributed by atoms with E-state index in [9.17, 15) is 9.59 Å². The van der Waals surface area contributed by atoms with E-state index in [2.05, 4.69) is 17.3 Å². The Morgan fingerprint density at radius 2 is 2.03 bits per heavy atom. The third-order valence-corrected chi connectivity index (χ3v) is 6.22. The Kier molecular flexibility index (Phi) is 6.23. The van der Waals surface area contributed by atoms with Gasteiger partial charge in [-0.1, -0.05) is 24.9 Å². The van der Waals surface area contributed by atoms with Crippen LogP contribution in [0.1, 0.15) is 55.1 Å². The maximum atomic E-state index is 13.0. The molecule has 1 saturated carbocycles. The molecule has 7 nitrogen and oxygen atoms in total. The maximum Gasteiger partial charge on any atom is 0.264 e. The summed E-state index contributed by atoms with van der Waals surface area (Å²) in [4.78, 5) is 27.7. The van der Waals surface area contributed by atoms with Crippen LogP contribution in [-0.2, 0) is 11.3 Å². The van der Waals surface area contributed by atoms with Gasteiger partial charge in [-0.15, -0.1) is 0 Å². The fraction of sp³-hybridized carbons (Fsp3) is 0.522. The van der Waals surface area contributed by atoms with Gasteiger partial charge in [0.05, 0.1) is 11.3 Å². The van der Waals surface area contributed by atoms with Gasteiger partial charge in [0.15, 0.2) is 5.60 Å². The smallest absolute Gasteiger partial charge is 0.264 e. The molecule has 2 aromatic rings. The number of nitrogens with zero attached hydrogens (tertiary/aromatic N) is 3. The van der Waals surface area contributed by atoms with Crippen molar-refractivity contribution < 1.29 is 14.3 Å². The van der Waals surface area contributed by atoms with Crippen LogP contribution in [0.3, 0.4) is 0 Å². The topological polar surface area (TPSA) is 76.5 Å². The molecule has 2 aliphatic rings. The molecule has 1 saturated heterocycles. The number of likely N-dealkylation sites (tertiary alicyclic amines) is 1. The summed E-state index contributed by atoms with van der Waals surface area (Å²) in [5.74, 6) is 0.511. The summed E-state index contributed by atoms with van der Waals surface area (Å²) >= 11 is 5.92. The van der Waals surface area contributed by atoms with Gasteiger partial charge in [-0.25, -0.2) is 0 Å². The van der Waals surface area contributed by atoms with Crippen molar-refractivity contribution in [1.29, 1.82) is 0 Å². The molecule has 1 aliphatic carbocycles. The van der Waals surface area contributed by atoms with Gasteiger partial charge < -0.3 is 15.0 Å². The highest BCUT2D eigenvalue weighted by molar-refractivity contribution is 6.30. The summed E-state index contributed by atoms with van der Waals surface area (Å²) in [6.07, 6.45) is 6.07. The van der Waals surface area contributed by atoms with Crippen LogP contribution in [-0.4, -0.2) is 51.2 Å². The summed E-state index contributed by atoms with van der Waals surface area (Å²) < 4.78 is 7.83. The molecule has 1 aromatic heterocycles. The van der Waals surface area contributed by atoms with Gasteiger partial charge in [0, 0.05) is 49.7 Å². The molecular formula is C23H29ClN4O3. The fourth-order valence-electron chi connectivity index (χ4n) is 3.93. The van der Waals surface area contributed by atoms with Crippen molar-refractivity contribution in [2.45, 2.75) is 64.1 Å². The second-order valence-electron chi connectivity index (χ2n) is 8.51. The molecule has 1 N–H and O–H groups in total. The van der Waals surface area contributed by atoms with Crippen LogP contribution >= 0.6 is 11.6 Å². The number of benzene rings is 1. The van der Waals surface area contributed by atoms with Crippen LogP contribution in [0.4, 0.5) is 0 Å². The Morgan fingerprint density at radius 1 is 1.29 bits per heavy atom. The number of carbonyl (C=O) groups is 2. The number of amides is 2. The zero-order valence-corrected chi connectivity index (χ0v) is 18.8. The van der Waals surface area contributed by atoms with Crippen LogP contribution in [0.15, 0.2) is 30.5 Å². The van der Waals surface area contributed by atoms with E-state index in [1.165, 1.54) is 0 Å². The van der Waals surface area contributed by atoms with Crippen LogP contribution in [0.5, 0.6) is 5.75 Å². The van der Waals surface area contributed by atoms with Crippen molar-refractivity contribution in [1.82, 2.24) is 20.0 Å². The van der Waals surface area contributed by atoms with Gasteiger partial charge in [-0.3, -0.25) is 14.3 Å². The average molecular weight is 445 g/mol. The SMILES string of the molecule is CCCCn1cc(C(=O)N2CC[C@@H](NC(=O)C3(Oc4ccc(Cl)cc4)CC3)C2)c(C)n1. The largest absolute Gasteiger partial charge is 0.477 e. The Hall–Kier alpha value is -2.54. The lowest BCUT2D eigenvalue weighted by molar-refractivity contribution is -0.130. The van der Waals surface area contributed by atoms with Gasteiger partial charge in [0.2, 0.25) is 0 Å². The number of halogens is 1. The Labute approximate surface area is 187 Å². The first-order valence-corrected chi connectivity index (χ1v) is 11.4. The molecular weight excluding hydrogens is 416 g/mol. The molecule has 166 valence electrons. The zero-order chi connectivity index (χ0) is 22.0. The second-order valence-corrected chi connectivity index (χ2v) is 8.94. The quantitative estimate of drug-likeness (QED) is 0.675. The maximum absolute atomic E-state index is 13.0. The number of hydrogen-bond acceptors (Lipinski definition) is 4. The number of unbranched alkanes of at least 4 members (excludes halogenated alkanes) is 1. The minimum atomic E-state index is -0.803. The highest BCUT2D eigenvalue weighted by Crippen LogP contribution is 2.41. The molecule has 2 heterocycles. The molecule has 8 heteroatoms. The van der Waals surface area contributed by atoms with Crippen molar-refractivity contribution in [2.24, 2.45) is 0 Å². The molecule has 2 fully saturated rings.